The van der Waals surface area contributed by atoms with Crippen LogP contribution in [0.2, 0.25) is 0 Å². The summed E-state index contributed by atoms with van der Waals surface area (Å²) in [7, 11) is 1.65. The van der Waals surface area contributed by atoms with E-state index in [1.165, 1.54) is 12.3 Å². The van der Waals surface area contributed by atoms with Crippen LogP contribution < -0.4 is 5.32 Å². The van der Waals surface area contributed by atoms with E-state index in [2.05, 4.69) is 17.2 Å². The molecule has 18 heavy (non-hydrogen) atoms. The molecule has 1 atom stereocenters. The minimum atomic E-state index is -0.309. The normalized spacial score (nSPS) is 12.6. The highest BCUT2D eigenvalue weighted by Gasteiger charge is 2.09. The third kappa shape index (κ3) is 5.53. The lowest BCUT2D eigenvalue weighted by molar-refractivity contribution is 0.0709. The fourth-order valence-electron chi connectivity index (χ4n) is 1.60. The van der Waals surface area contributed by atoms with Crippen LogP contribution in [0.1, 0.15) is 25.1 Å². The lowest BCUT2D eigenvalue weighted by Gasteiger charge is -2.16. The molecule has 1 N–H and O–H groups in total. The van der Waals surface area contributed by atoms with Crippen molar-refractivity contribution in [1.29, 1.82) is 0 Å². The highest BCUT2D eigenvalue weighted by molar-refractivity contribution is 5.09. The van der Waals surface area contributed by atoms with Crippen molar-refractivity contribution in [3.63, 3.8) is 0 Å². The van der Waals surface area contributed by atoms with Crippen LogP contribution in [0.3, 0.4) is 0 Å². The molecule has 0 saturated heterocycles. The van der Waals surface area contributed by atoms with Gasteiger partial charge in [-0.05, 0) is 18.6 Å². The average molecular weight is 256 g/mol. The van der Waals surface area contributed by atoms with Crippen LogP contribution in [0.5, 0.6) is 0 Å². The average Bonchev–Trinajstić information content (AvgIpc) is 2.39. The van der Waals surface area contributed by atoms with Gasteiger partial charge in [-0.1, -0.05) is 6.92 Å². The first kappa shape index (κ1) is 15.0. The largest absolute Gasteiger partial charge is 0.382 e. The van der Waals surface area contributed by atoms with Crippen molar-refractivity contribution >= 4 is 0 Å². The second-order valence-electron chi connectivity index (χ2n) is 3.92. The quantitative estimate of drug-likeness (QED) is 0.686. The predicted molar refractivity (Wildman–Crippen MR) is 67.9 cm³/mol. The molecule has 0 radical (unpaired) electrons. The van der Waals surface area contributed by atoms with Crippen LogP contribution in [0.15, 0.2) is 18.3 Å². The maximum absolute atomic E-state index is 12.8. The SMILES string of the molecule is CCC(NCCOCCOC)c1ccc(F)cn1. The van der Waals surface area contributed by atoms with E-state index in [0.717, 1.165) is 18.7 Å². The molecular formula is C13H21FN2O2. The van der Waals surface area contributed by atoms with Gasteiger partial charge in [-0.25, -0.2) is 4.39 Å². The smallest absolute Gasteiger partial charge is 0.141 e. The van der Waals surface area contributed by atoms with Gasteiger partial charge in [-0.15, -0.1) is 0 Å². The molecule has 102 valence electrons. The Bertz CT molecular complexity index is 319. The van der Waals surface area contributed by atoms with Gasteiger partial charge in [0.2, 0.25) is 0 Å². The van der Waals surface area contributed by atoms with Crippen LogP contribution in [0, 0.1) is 5.82 Å². The Morgan fingerprint density at radius 2 is 2.17 bits per heavy atom. The van der Waals surface area contributed by atoms with Gasteiger partial charge in [-0.3, -0.25) is 4.98 Å². The van der Waals surface area contributed by atoms with Gasteiger partial charge in [0.1, 0.15) is 5.82 Å². The molecule has 0 bridgehead atoms. The molecule has 0 aromatic carbocycles. The number of nitrogens with one attached hydrogen (secondary N) is 1. The minimum Gasteiger partial charge on any atom is -0.382 e. The minimum absolute atomic E-state index is 0.136. The van der Waals surface area contributed by atoms with Gasteiger partial charge < -0.3 is 14.8 Å². The van der Waals surface area contributed by atoms with Crippen molar-refractivity contribution in [2.24, 2.45) is 0 Å². The molecule has 1 aromatic rings. The summed E-state index contributed by atoms with van der Waals surface area (Å²) in [4.78, 5) is 4.08. The Morgan fingerprint density at radius 3 is 2.78 bits per heavy atom. The number of ether oxygens (including phenoxy) is 2. The van der Waals surface area contributed by atoms with Crippen molar-refractivity contribution < 1.29 is 13.9 Å². The summed E-state index contributed by atoms with van der Waals surface area (Å²) in [6, 6.07) is 3.28. The van der Waals surface area contributed by atoms with Crippen molar-refractivity contribution in [3.05, 3.63) is 29.8 Å². The standard InChI is InChI=1S/C13H21FN2O2/c1-3-12(13-5-4-11(14)10-16-13)15-6-7-18-9-8-17-2/h4-5,10,12,15H,3,6-9H2,1-2H3. The maximum atomic E-state index is 12.8. The Morgan fingerprint density at radius 1 is 1.33 bits per heavy atom. The number of halogens is 1. The zero-order valence-electron chi connectivity index (χ0n) is 11.0. The zero-order valence-corrected chi connectivity index (χ0v) is 11.0. The highest BCUT2D eigenvalue weighted by atomic mass is 19.1. The first-order chi connectivity index (χ1) is 8.77. The maximum Gasteiger partial charge on any atom is 0.141 e. The van der Waals surface area contributed by atoms with Crippen LogP contribution in [0.4, 0.5) is 4.39 Å². The molecular weight excluding hydrogens is 235 g/mol. The molecule has 1 heterocycles. The van der Waals surface area contributed by atoms with E-state index in [1.54, 1.807) is 13.2 Å². The number of rotatable bonds is 9. The van der Waals surface area contributed by atoms with E-state index in [9.17, 15) is 4.39 Å². The lowest BCUT2D eigenvalue weighted by Crippen LogP contribution is -2.26. The van der Waals surface area contributed by atoms with Crippen molar-refractivity contribution in [1.82, 2.24) is 10.3 Å². The molecule has 0 fully saturated rings. The molecule has 0 aliphatic carbocycles. The van der Waals surface area contributed by atoms with Gasteiger partial charge in [-0.2, -0.15) is 0 Å². The molecule has 4 nitrogen and oxygen atoms in total. The zero-order chi connectivity index (χ0) is 13.2. The molecule has 1 unspecified atom stereocenters. The number of hydrogen-bond donors (Lipinski definition) is 1. The van der Waals surface area contributed by atoms with Gasteiger partial charge in [0, 0.05) is 19.7 Å². The molecule has 1 aromatic heterocycles. The second kappa shape index (κ2) is 8.97. The molecule has 0 spiro atoms. The van der Waals surface area contributed by atoms with Crippen LogP contribution >= 0.6 is 0 Å². The van der Waals surface area contributed by atoms with Crippen molar-refractivity contribution in [2.75, 3.05) is 33.5 Å². The van der Waals surface area contributed by atoms with Gasteiger partial charge >= 0.3 is 0 Å². The summed E-state index contributed by atoms with van der Waals surface area (Å²) >= 11 is 0. The van der Waals surface area contributed by atoms with E-state index >= 15 is 0 Å². The van der Waals surface area contributed by atoms with Crippen LogP contribution in [0.25, 0.3) is 0 Å². The van der Waals surface area contributed by atoms with Crippen LogP contribution in [-0.2, 0) is 9.47 Å². The Labute approximate surface area is 108 Å². The number of nitrogens with zero attached hydrogens (tertiary/aromatic N) is 1. The van der Waals surface area contributed by atoms with E-state index in [0.29, 0.717) is 19.8 Å². The Hall–Kier alpha value is -1.04. The van der Waals surface area contributed by atoms with E-state index < -0.39 is 0 Å². The molecule has 0 amide bonds. The van der Waals surface area contributed by atoms with Gasteiger partial charge in [0.15, 0.2) is 0 Å². The molecule has 0 aliphatic heterocycles. The third-order valence-electron chi connectivity index (χ3n) is 2.58. The fourth-order valence-corrected chi connectivity index (χ4v) is 1.60. The number of pyridine rings is 1. The first-order valence-corrected chi connectivity index (χ1v) is 6.19. The van der Waals surface area contributed by atoms with Gasteiger partial charge in [0.25, 0.3) is 0 Å². The van der Waals surface area contributed by atoms with Crippen molar-refractivity contribution in [3.8, 4) is 0 Å². The predicted octanol–water partition coefficient (Wildman–Crippen LogP) is 1.92. The van der Waals surface area contributed by atoms with E-state index in [1.807, 2.05) is 0 Å². The summed E-state index contributed by atoms with van der Waals surface area (Å²) in [6.07, 6.45) is 2.14. The molecule has 1 rings (SSSR count). The molecule has 5 heteroatoms. The monoisotopic (exact) mass is 256 g/mol. The summed E-state index contributed by atoms with van der Waals surface area (Å²) in [6.45, 7) is 4.64. The Balaban J connectivity index is 2.27. The number of methoxy groups -OCH3 is 1. The third-order valence-corrected chi connectivity index (χ3v) is 2.58. The second-order valence-corrected chi connectivity index (χ2v) is 3.92. The fraction of sp³-hybridized carbons (Fsp3) is 0.615. The van der Waals surface area contributed by atoms with Crippen LogP contribution in [-0.4, -0.2) is 38.5 Å². The summed E-state index contributed by atoms with van der Waals surface area (Å²) in [5.41, 5.74) is 0.857. The summed E-state index contributed by atoms with van der Waals surface area (Å²) in [5, 5.41) is 3.33. The summed E-state index contributed by atoms with van der Waals surface area (Å²) < 4.78 is 23.0. The lowest BCUT2D eigenvalue weighted by atomic mass is 10.1. The highest BCUT2D eigenvalue weighted by Crippen LogP contribution is 2.13. The van der Waals surface area contributed by atoms with Gasteiger partial charge in [0.05, 0.1) is 31.7 Å². The topological polar surface area (TPSA) is 43.4 Å². The van der Waals surface area contributed by atoms with E-state index in [4.69, 9.17) is 9.47 Å². The number of hydrogen-bond acceptors (Lipinski definition) is 4. The Kier molecular flexibility index (Phi) is 7.48. The number of aromatic nitrogens is 1. The summed E-state index contributed by atoms with van der Waals surface area (Å²) in [5.74, 6) is -0.309. The first-order valence-electron chi connectivity index (χ1n) is 6.19. The molecule has 0 aliphatic rings. The van der Waals surface area contributed by atoms with E-state index in [-0.39, 0.29) is 11.9 Å². The van der Waals surface area contributed by atoms with Crippen molar-refractivity contribution in [2.45, 2.75) is 19.4 Å². The molecule has 0 saturated carbocycles.